The predicted molar refractivity (Wildman–Crippen MR) is 74.8 cm³/mol. The largest absolute Gasteiger partial charge is 0.465 e. The molecule has 1 aromatic carbocycles. The van der Waals surface area contributed by atoms with Crippen LogP contribution in [0.5, 0.6) is 5.75 Å². The zero-order valence-electron chi connectivity index (χ0n) is 12.2. The summed E-state index contributed by atoms with van der Waals surface area (Å²) in [6, 6.07) is 6.52. The van der Waals surface area contributed by atoms with E-state index in [4.69, 9.17) is 9.47 Å². The van der Waals surface area contributed by atoms with Crippen LogP contribution in [0.2, 0.25) is 0 Å². The van der Waals surface area contributed by atoms with Crippen molar-refractivity contribution >= 4 is 11.9 Å². The second kappa shape index (κ2) is 7.08. The first-order chi connectivity index (χ1) is 10.1. The molecule has 1 aliphatic heterocycles. The van der Waals surface area contributed by atoms with Crippen molar-refractivity contribution in [1.82, 2.24) is 4.90 Å². The highest BCUT2D eigenvalue weighted by atomic mass is 16.7. The van der Waals surface area contributed by atoms with E-state index in [-0.39, 0.29) is 0 Å². The Balaban J connectivity index is 2.05. The van der Waals surface area contributed by atoms with Gasteiger partial charge in [0.05, 0.1) is 12.7 Å². The van der Waals surface area contributed by atoms with Crippen molar-refractivity contribution in [2.75, 3.05) is 20.2 Å². The number of esters is 2. The van der Waals surface area contributed by atoms with Gasteiger partial charge in [-0.1, -0.05) is 0 Å². The summed E-state index contributed by atoms with van der Waals surface area (Å²) in [5.74, 6) is -0.267. The van der Waals surface area contributed by atoms with Gasteiger partial charge in [0.1, 0.15) is 5.75 Å². The molecule has 6 heteroatoms. The summed E-state index contributed by atoms with van der Waals surface area (Å²) >= 11 is 0. The zero-order chi connectivity index (χ0) is 15.2. The molecule has 1 saturated heterocycles. The van der Waals surface area contributed by atoms with Crippen molar-refractivity contribution in [2.45, 2.75) is 26.2 Å². The molecular formula is C15H19NO5. The number of ether oxygens (including phenoxy) is 3. The van der Waals surface area contributed by atoms with E-state index in [0.29, 0.717) is 11.3 Å². The summed E-state index contributed by atoms with van der Waals surface area (Å²) < 4.78 is 15.6. The third kappa shape index (κ3) is 4.19. The van der Waals surface area contributed by atoms with Gasteiger partial charge in [0.15, 0.2) is 0 Å². The summed E-state index contributed by atoms with van der Waals surface area (Å²) in [5.41, 5.74) is 0.440. The Morgan fingerprint density at radius 1 is 1.14 bits per heavy atom. The fraction of sp³-hybridized carbons (Fsp3) is 0.467. The van der Waals surface area contributed by atoms with Crippen molar-refractivity contribution < 1.29 is 23.8 Å². The molecule has 1 unspecified atom stereocenters. The summed E-state index contributed by atoms with van der Waals surface area (Å²) in [7, 11) is 1.33. The average Bonchev–Trinajstić information content (AvgIpc) is 3.00. The molecule has 1 fully saturated rings. The molecule has 114 valence electrons. The lowest BCUT2D eigenvalue weighted by atomic mass is 10.2. The number of carbonyl (C=O) groups is 2. The third-order valence-electron chi connectivity index (χ3n) is 3.22. The SMILES string of the molecule is COC(=O)c1ccc(OC(OC(C)=O)N2CCCC2)cc1. The highest BCUT2D eigenvalue weighted by Crippen LogP contribution is 2.19. The van der Waals surface area contributed by atoms with Crippen LogP contribution in [0.15, 0.2) is 24.3 Å². The van der Waals surface area contributed by atoms with Gasteiger partial charge >= 0.3 is 18.4 Å². The van der Waals surface area contributed by atoms with Crippen LogP contribution in [-0.2, 0) is 14.3 Å². The Morgan fingerprint density at radius 3 is 2.29 bits per heavy atom. The fourth-order valence-electron chi connectivity index (χ4n) is 2.17. The number of rotatable bonds is 5. The van der Waals surface area contributed by atoms with Gasteiger partial charge in [-0.3, -0.25) is 4.79 Å². The topological polar surface area (TPSA) is 65.1 Å². The molecule has 1 atom stereocenters. The van der Waals surface area contributed by atoms with Gasteiger partial charge in [-0.2, -0.15) is 0 Å². The van der Waals surface area contributed by atoms with E-state index in [0.717, 1.165) is 25.9 Å². The molecule has 0 radical (unpaired) electrons. The average molecular weight is 293 g/mol. The van der Waals surface area contributed by atoms with Crippen LogP contribution in [0.3, 0.4) is 0 Å². The van der Waals surface area contributed by atoms with Crippen molar-refractivity contribution in [3.05, 3.63) is 29.8 Å². The van der Waals surface area contributed by atoms with Gasteiger partial charge in [-0.25, -0.2) is 9.69 Å². The predicted octanol–water partition coefficient (Wildman–Crippen LogP) is 1.79. The molecule has 0 aliphatic carbocycles. The number of hydrogen-bond donors (Lipinski definition) is 0. The first kappa shape index (κ1) is 15.3. The quantitative estimate of drug-likeness (QED) is 0.609. The molecule has 0 aromatic heterocycles. The van der Waals surface area contributed by atoms with Gasteiger partial charge in [0.25, 0.3) is 0 Å². The maximum Gasteiger partial charge on any atom is 0.337 e. The Hall–Kier alpha value is -2.08. The summed E-state index contributed by atoms with van der Waals surface area (Å²) in [4.78, 5) is 24.5. The molecule has 2 rings (SSSR count). The van der Waals surface area contributed by atoms with Crippen LogP contribution in [0.25, 0.3) is 0 Å². The first-order valence-corrected chi connectivity index (χ1v) is 6.86. The molecule has 1 aromatic rings. The van der Waals surface area contributed by atoms with E-state index < -0.39 is 18.4 Å². The van der Waals surface area contributed by atoms with Gasteiger partial charge in [0, 0.05) is 20.0 Å². The number of nitrogens with zero attached hydrogens (tertiary/aromatic N) is 1. The second-order valence-corrected chi connectivity index (χ2v) is 4.79. The first-order valence-electron chi connectivity index (χ1n) is 6.86. The minimum absolute atomic E-state index is 0.391. The molecule has 6 nitrogen and oxygen atoms in total. The van der Waals surface area contributed by atoms with Crippen LogP contribution >= 0.6 is 0 Å². The van der Waals surface area contributed by atoms with E-state index in [9.17, 15) is 9.59 Å². The lowest BCUT2D eigenvalue weighted by molar-refractivity contribution is -0.188. The molecular weight excluding hydrogens is 274 g/mol. The Bertz CT molecular complexity index is 493. The van der Waals surface area contributed by atoms with E-state index in [1.807, 2.05) is 4.90 Å². The standard InChI is InChI=1S/C15H19NO5/c1-11(17)20-15(16-9-3-4-10-16)21-13-7-5-12(6-8-13)14(18)19-2/h5-8,15H,3-4,9-10H2,1-2H3. The van der Waals surface area contributed by atoms with Gasteiger partial charge in [0.2, 0.25) is 0 Å². The molecule has 0 N–H and O–H groups in total. The number of hydrogen-bond acceptors (Lipinski definition) is 6. The minimum atomic E-state index is -0.728. The Morgan fingerprint density at radius 2 is 1.76 bits per heavy atom. The summed E-state index contributed by atoms with van der Waals surface area (Å²) in [6.45, 7) is 3.02. The fourth-order valence-corrected chi connectivity index (χ4v) is 2.17. The molecule has 0 bridgehead atoms. The molecule has 21 heavy (non-hydrogen) atoms. The van der Waals surface area contributed by atoms with Crippen LogP contribution in [0.1, 0.15) is 30.1 Å². The van der Waals surface area contributed by atoms with Crippen LogP contribution in [0, 0.1) is 0 Å². The van der Waals surface area contributed by atoms with Crippen LogP contribution < -0.4 is 4.74 Å². The van der Waals surface area contributed by atoms with Gasteiger partial charge < -0.3 is 14.2 Å². The summed E-state index contributed by atoms with van der Waals surface area (Å²) in [6.07, 6.45) is 1.39. The second-order valence-electron chi connectivity index (χ2n) is 4.79. The van der Waals surface area contributed by atoms with Crippen molar-refractivity contribution in [1.29, 1.82) is 0 Å². The molecule has 1 heterocycles. The van der Waals surface area contributed by atoms with Gasteiger partial charge in [-0.15, -0.1) is 0 Å². The van der Waals surface area contributed by atoms with Crippen molar-refractivity contribution in [3.63, 3.8) is 0 Å². The van der Waals surface area contributed by atoms with E-state index in [2.05, 4.69) is 4.74 Å². The molecule has 0 saturated carbocycles. The maximum absolute atomic E-state index is 11.4. The van der Waals surface area contributed by atoms with Crippen molar-refractivity contribution in [2.24, 2.45) is 0 Å². The maximum atomic E-state index is 11.4. The number of carbonyl (C=O) groups excluding carboxylic acids is 2. The van der Waals surface area contributed by atoms with Crippen molar-refractivity contribution in [3.8, 4) is 5.75 Å². The monoisotopic (exact) mass is 293 g/mol. The number of methoxy groups -OCH3 is 1. The molecule has 0 amide bonds. The van der Waals surface area contributed by atoms with Crippen LogP contribution in [-0.4, -0.2) is 43.5 Å². The molecule has 1 aliphatic rings. The van der Waals surface area contributed by atoms with E-state index in [1.165, 1.54) is 14.0 Å². The highest BCUT2D eigenvalue weighted by molar-refractivity contribution is 5.89. The normalized spacial score (nSPS) is 16.3. The Kier molecular flexibility index (Phi) is 5.16. The smallest absolute Gasteiger partial charge is 0.337 e. The molecule has 0 spiro atoms. The van der Waals surface area contributed by atoms with E-state index >= 15 is 0 Å². The van der Waals surface area contributed by atoms with Crippen LogP contribution in [0.4, 0.5) is 0 Å². The number of likely N-dealkylation sites (tertiary alicyclic amines) is 1. The van der Waals surface area contributed by atoms with E-state index in [1.54, 1.807) is 24.3 Å². The zero-order valence-corrected chi connectivity index (χ0v) is 12.2. The third-order valence-corrected chi connectivity index (χ3v) is 3.22. The Labute approximate surface area is 123 Å². The van der Waals surface area contributed by atoms with Gasteiger partial charge in [-0.05, 0) is 37.1 Å². The highest BCUT2D eigenvalue weighted by Gasteiger charge is 2.26. The lowest BCUT2D eigenvalue weighted by Gasteiger charge is -2.26. The lowest BCUT2D eigenvalue weighted by Crippen LogP contribution is -2.40. The minimum Gasteiger partial charge on any atom is -0.465 e. The number of benzene rings is 1. The summed E-state index contributed by atoms with van der Waals surface area (Å²) in [5, 5.41) is 0.